The summed E-state index contributed by atoms with van der Waals surface area (Å²) in [6.07, 6.45) is 3.28. The highest BCUT2D eigenvalue weighted by atomic mass is 16.5. The second-order valence-electron chi connectivity index (χ2n) is 7.47. The van der Waals surface area contributed by atoms with E-state index >= 15 is 0 Å². The van der Waals surface area contributed by atoms with Crippen LogP contribution in [0.1, 0.15) is 41.3 Å². The minimum atomic E-state index is -0.206. The Morgan fingerprint density at radius 2 is 1.93 bits per heavy atom. The molecule has 1 unspecified atom stereocenters. The van der Waals surface area contributed by atoms with Gasteiger partial charge in [0, 0.05) is 19.6 Å². The number of ether oxygens (including phenoxy) is 1. The molecular formula is C23H28N2O3. The maximum absolute atomic E-state index is 12.2. The van der Waals surface area contributed by atoms with Gasteiger partial charge in [-0.25, -0.2) is 0 Å². The third kappa shape index (κ3) is 5.67. The molecule has 1 amide bonds. The number of hydrogen-bond donors (Lipinski definition) is 1. The first-order valence-corrected chi connectivity index (χ1v) is 9.88. The third-order valence-electron chi connectivity index (χ3n) is 5.13. The van der Waals surface area contributed by atoms with Crippen LogP contribution in [-0.4, -0.2) is 36.8 Å². The van der Waals surface area contributed by atoms with E-state index in [1.54, 1.807) is 24.3 Å². The van der Waals surface area contributed by atoms with Crippen LogP contribution in [0.2, 0.25) is 0 Å². The minimum Gasteiger partial charge on any atom is -0.483 e. The van der Waals surface area contributed by atoms with Crippen LogP contribution < -0.4 is 10.1 Å². The Morgan fingerprint density at radius 3 is 2.71 bits per heavy atom. The predicted octanol–water partition coefficient (Wildman–Crippen LogP) is 3.43. The van der Waals surface area contributed by atoms with Crippen LogP contribution in [0.15, 0.2) is 48.5 Å². The van der Waals surface area contributed by atoms with Crippen molar-refractivity contribution in [3.63, 3.8) is 0 Å². The molecule has 1 atom stereocenters. The summed E-state index contributed by atoms with van der Waals surface area (Å²) in [5.41, 5.74) is 2.82. The smallest absolute Gasteiger partial charge is 0.258 e. The van der Waals surface area contributed by atoms with Crippen LogP contribution in [0.4, 0.5) is 0 Å². The highest BCUT2D eigenvalue weighted by Gasteiger charge is 2.17. The van der Waals surface area contributed by atoms with E-state index in [1.165, 1.54) is 18.4 Å². The molecule has 1 saturated heterocycles. The van der Waals surface area contributed by atoms with Crippen LogP contribution in [0.3, 0.4) is 0 Å². The van der Waals surface area contributed by atoms with Gasteiger partial charge in [-0.3, -0.25) is 14.5 Å². The zero-order valence-electron chi connectivity index (χ0n) is 16.4. The van der Waals surface area contributed by atoms with E-state index in [1.807, 2.05) is 12.1 Å². The molecule has 0 bridgehead atoms. The molecule has 28 heavy (non-hydrogen) atoms. The number of aldehydes is 1. The van der Waals surface area contributed by atoms with Crippen molar-refractivity contribution in [2.24, 2.45) is 5.92 Å². The van der Waals surface area contributed by atoms with Gasteiger partial charge in [-0.2, -0.15) is 0 Å². The molecule has 0 spiro atoms. The predicted molar refractivity (Wildman–Crippen MR) is 109 cm³/mol. The van der Waals surface area contributed by atoms with Crippen LogP contribution in [0, 0.1) is 5.92 Å². The Labute approximate surface area is 166 Å². The molecule has 148 valence electrons. The maximum Gasteiger partial charge on any atom is 0.258 e. The van der Waals surface area contributed by atoms with E-state index in [4.69, 9.17) is 4.74 Å². The van der Waals surface area contributed by atoms with Gasteiger partial charge >= 0.3 is 0 Å². The largest absolute Gasteiger partial charge is 0.483 e. The average molecular weight is 380 g/mol. The van der Waals surface area contributed by atoms with Crippen molar-refractivity contribution in [1.82, 2.24) is 10.2 Å². The molecule has 1 N–H and O–H groups in total. The van der Waals surface area contributed by atoms with Gasteiger partial charge in [0.15, 0.2) is 12.9 Å². The van der Waals surface area contributed by atoms with E-state index in [-0.39, 0.29) is 12.5 Å². The molecule has 5 nitrogen and oxygen atoms in total. The van der Waals surface area contributed by atoms with Crippen LogP contribution in [0.5, 0.6) is 5.75 Å². The fraction of sp³-hybridized carbons (Fsp3) is 0.391. The molecule has 1 heterocycles. The molecule has 0 aliphatic carbocycles. The number of nitrogens with zero attached hydrogens (tertiary/aromatic N) is 1. The summed E-state index contributed by atoms with van der Waals surface area (Å²) in [7, 11) is 0. The van der Waals surface area contributed by atoms with Gasteiger partial charge in [0.25, 0.3) is 5.91 Å². The Hall–Kier alpha value is -2.66. The Morgan fingerprint density at radius 1 is 1.18 bits per heavy atom. The highest BCUT2D eigenvalue weighted by molar-refractivity contribution is 5.80. The number of rotatable bonds is 8. The quantitative estimate of drug-likeness (QED) is 0.713. The van der Waals surface area contributed by atoms with Gasteiger partial charge in [0.05, 0.1) is 5.56 Å². The first kappa shape index (κ1) is 20.1. The van der Waals surface area contributed by atoms with Gasteiger partial charge in [0.2, 0.25) is 0 Å². The molecule has 0 radical (unpaired) electrons. The number of amides is 1. The lowest BCUT2D eigenvalue weighted by Gasteiger charge is -2.31. The highest BCUT2D eigenvalue weighted by Crippen LogP contribution is 2.19. The summed E-state index contributed by atoms with van der Waals surface area (Å²) < 4.78 is 5.49. The third-order valence-corrected chi connectivity index (χ3v) is 5.13. The normalized spacial score (nSPS) is 17.1. The van der Waals surface area contributed by atoms with Crippen molar-refractivity contribution < 1.29 is 14.3 Å². The number of benzene rings is 2. The van der Waals surface area contributed by atoms with Gasteiger partial charge in [0.1, 0.15) is 5.75 Å². The van der Waals surface area contributed by atoms with E-state index < -0.39 is 0 Å². The van der Waals surface area contributed by atoms with Crippen molar-refractivity contribution in [2.45, 2.75) is 32.9 Å². The first-order chi connectivity index (χ1) is 13.7. The summed E-state index contributed by atoms with van der Waals surface area (Å²) in [5.74, 6) is 0.960. The summed E-state index contributed by atoms with van der Waals surface area (Å²) in [6.45, 7) is 5.84. The molecule has 0 saturated carbocycles. The summed E-state index contributed by atoms with van der Waals surface area (Å²) >= 11 is 0. The van der Waals surface area contributed by atoms with Crippen molar-refractivity contribution >= 4 is 12.2 Å². The van der Waals surface area contributed by atoms with Crippen LogP contribution in [-0.2, 0) is 17.9 Å². The number of carbonyl (C=O) groups excluding carboxylic acids is 2. The Bertz CT molecular complexity index is 806. The van der Waals surface area contributed by atoms with Crippen LogP contribution in [0.25, 0.3) is 0 Å². The average Bonchev–Trinajstić information content (AvgIpc) is 2.72. The Balaban J connectivity index is 1.52. The monoisotopic (exact) mass is 380 g/mol. The minimum absolute atomic E-state index is 0.114. The Kier molecular flexibility index (Phi) is 7.20. The zero-order valence-corrected chi connectivity index (χ0v) is 16.4. The topological polar surface area (TPSA) is 58.6 Å². The van der Waals surface area contributed by atoms with Crippen LogP contribution >= 0.6 is 0 Å². The van der Waals surface area contributed by atoms with Gasteiger partial charge in [-0.1, -0.05) is 43.3 Å². The molecule has 1 aliphatic rings. The molecule has 3 rings (SSSR count). The number of hydrogen-bond acceptors (Lipinski definition) is 4. The zero-order chi connectivity index (χ0) is 19.8. The molecular weight excluding hydrogens is 352 g/mol. The number of carbonyl (C=O) groups is 2. The summed E-state index contributed by atoms with van der Waals surface area (Å²) in [6, 6.07) is 15.1. The lowest BCUT2D eigenvalue weighted by Crippen LogP contribution is -2.34. The summed E-state index contributed by atoms with van der Waals surface area (Å²) in [4.78, 5) is 25.7. The molecule has 5 heteroatoms. The van der Waals surface area contributed by atoms with Crippen molar-refractivity contribution in [3.05, 3.63) is 65.2 Å². The molecule has 2 aromatic rings. The van der Waals surface area contributed by atoms with E-state index in [0.29, 0.717) is 17.9 Å². The molecule has 0 aromatic heterocycles. The first-order valence-electron chi connectivity index (χ1n) is 9.88. The van der Waals surface area contributed by atoms with Gasteiger partial charge in [-0.15, -0.1) is 0 Å². The fourth-order valence-electron chi connectivity index (χ4n) is 3.65. The van der Waals surface area contributed by atoms with Crippen molar-refractivity contribution in [1.29, 1.82) is 0 Å². The number of para-hydroxylation sites is 1. The van der Waals surface area contributed by atoms with E-state index in [9.17, 15) is 9.59 Å². The number of likely N-dealkylation sites (tertiary alicyclic amines) is 1. The number of piperidine rings is 1. The maximum atomic E-state index is 12.2. The molecule has 2 aromatic carbocycles. The lowest BCUT2D eigenvalue weighted by atomic mass is 9.99. The molecule has 1 aliphatic heterocycles. The second kappa shape index (κ2) is 10.0. The lowest BCUT2D eigenvalue weighted by molar-refractivity contribution is -0.123. The van der Waals surface area contributed by atoms with E-state index in [2.05, 4.69) is 29.3 Å². The summed E-state index contributed by atoms with van der Waals surface area (Å²) in [5, 5.41) is 2.92. The number of nitrogens with one attached hydrogen (secondary N) is 1. The molecule has 1 fully saturated rings. The van der Waals surface area contributed by atoms with Gasteiger partial charge in [-0.05, 0) is 48.6 Å². The fourth-order valence-corrected chi connectivity index (χ4v) is 3.65. The standard InChI is InChI=1S/C23H28N2O3/c1-18-7-6-12-25(14-18)15-20-9-3-2-8-19(20)13-24-23(27)17-28-22-11-5-4-10-21(22)16-26/h2-5,8-11,16,18H,6-7,12-15,17H2,1H3,(H,24,27). The van der Waals surface area contributed by atoms with Crippen molar-refractivity contribution in [3.8, 4) is 5.75 Å². The van der Waals surface area contributed by atoms with E-state index in [0.717, 1.165) is 37.4 Å². The van der Waals surface area contributed by atoms with Crippen molar-refractivity contribution in [2.75, 3.05) is 19.7 Å². The second-order valence-corrected chi connectivity index (χ2v) is 7.47. The van der Waals surface area contributed by atoms with Gasteiger partial charge < -0.3 is 10.1 Å². The SMILES string of the molecule is CC1CCCN(Cc2ccccc2CNC(=O)COc2ccccc2C=O)C1.